The molecule has 0 bridgehead atoms. The summed E-state index contributed by atoms with van der Waals surface area (Å²) in [7, 11) is 1.61. The van der Waals surface area contributed by atoms with Crippen molar-refractivity contribution in [3.8, 4) is 17.3 Å². The molecule has 3 aliphatic rings. The van der Waals surface area contributed by atoms with Crippen LogP contribution in [0.1, 0.15) is 50.4 Å². The molecule has 11 heteroatoms. The third kappa shape index (κ3) is 6.17. The molecule has 10 nitrogen and oxygen atoms in total. The van der Waals surface area contributed by atoms with Gasteiger partial charge in [-0.15, -0.1) is 0 Å². The number of methoxy groups -OCH3 is 1. The maximum absolute atomic E-state index is 14.9. The van der Waals surface area contributed by atoms with Gasteiger partial charge in [-0.1, -0.05) is 18.2 Å². The lowest BCUT2D eigenvalue weighted by atomic mass is 10.0. The molecule has 244 valence electrons. The second-order valence-corrected chi connectivity index (χ2v) is 14.1. The number of amides is 2. The van der Waals surface area contributed by atoms with Gasteiger partial charge in [-0.3, -0.25) is 4.79 Å². The Labute approximate surface area is 268 Å². The van der Waals surface area contributed by atoms with Crippen LogP contribution in [-0.2, 0) is 17.8 Å². The Balaban J connectivity index is 1.26. The SMILES string of the molecule is COc1cc(C(=O)N2C[C@@H](F)C[C@@H](NC(=O)OC(C)(C)C)C2)cc2nc(-c3cc4ccccc4n3CC3CC3)n(CC3CNC3)c12. The number of benzene rings is 2. The van der Waals surface area contributed by atoms with Crippen molar-refractivity contribution in [1.82, 2.24) is 29.7 Å². The largest absolute Gasteiger partial charge is 0.494 e. The van der Waals surface area contributed by atoms with Crippen LogP contribution in [0.3, 0.4) is 0 Å². The maximum atomic E-state index is 14.9. The fourth-order valence-corrected chi connectivity index (χ4v) is 6.73. The van der Waals surface area contributed by atoms with E-state index in [-0.39, 0.29) is 25.4 Å². The Bertz CT molecular complexity index is 1780. The number of halogens is 1. The van der Waals surface area contributed by atoms with Gasteiger partial charge in [-0.25, -0.2) is 14.2 Å². The molecule has 1 aliphatic carbocycles. The van der Waals surface area contributed by atoms with E-state index in [2.05, 4.69) is 50.1 Å². The maximum Gasteiger partial charge on any atom is 0.407 e. The number of imidazole rings is 1. The van der Waals surface area contributed by atoms with Crippen molar-refractivity contribution >= 4 is 33.9 Å². The van der Waals surface area contributed by atoms with Crippen LogP contribution >= 0.6 is 0 Å². The summed E-state index contributed by atoms with van der Waals surface area (Å²) in [6.45, 7) is 9.00. The lowest BCUT2D eigenvalue weighted by molar-refractivity contribution is 0.0394. The summed E-state index contributed by atoms with van der Waals surface area (Å²) in [5, 5.41) is 7.30. The van der Waals surface area contributed by atoms with Gasteiger partial charge >= 0.3 is 6.09 Å². The molecule has 0 spiro atoms. The lowest BCUT2D eigenvalue weighted by Crippen LogP contribution is -2.54. The van der Waals surface area contributed by atoms with E-state index in [0.717, 1.165) is 43.2 Å². The van der Waals surface area contributed by atoms with Crippen molar-refractivity contribution in [2.24, 2.45) is 11.8 Å². The van der Waals surface area contributed by atoms with Gasteiger partial charge in [-0.05, 0) is 63.8 Å². The first-order valence-corrected chi connectivity index (χ1v) is 16.4. The zero-order valence-corrected chi connectivity index (χ0v) is 27.0. The number of piperidine rings is 1. The van der Waals surface area contributed by atoms with Gasteiger partial charge in [0.1, 0.15) is 23.0 Å². The topological polar surface area (TPSA) is 103 Å². The van der Waals surface area contributed by atoms with Crippen molar-refractivity contribution in [2.75, 3.05) is 33.3 Å². The molecule has 2 atom stereocenters. The van der Waals surface area contributed by atoms with E-state index in [1.165, 1.54) is 28.6 Å². The van der Waals surface area contributed by atoms with Crippen LogP contribution in [0.2, 0.25) is 0 Å². The highest BCUT2D eigenvalue weighted by molar-refractivity contribution is 6.00. The standard InChI is InChI=1S/C35H43FN6O4/c1-35(2,3)46-34(44)38-26-14-25(36)19-40(20-26)33(43)24-11-27-31(30(13-24)45-4)42(18-22-15-37-16-22)32(39-27)29-12-23-7-5-6-8-28(23)41(29)17-21-9-10-21/h5-8,11-13,21-22,25-26,37H,9-10,14-20H2,1-4H3,(H,38,44)/t25-,26+/m0/s1. The third-order valence-electron chi connectivity index (χ3n) is 9.17. The smallest absolute Gasteiger partial charge is 0.407 e. The van der Waals surface area contributed by atoms with E-state index in [0.29, 0.717) is 28.7 Å². The molecular formula is C35H43FN6O4. The first-order chi connectivity index (χ1) is 22.1. The summed E-state index contributed by atoms with van der Waals surface area (Å²) in [6, 6.07) is 13.6. The number of alkyl carbamates (subject to hydrolysis) is 1. The number of aromatic nitrogens is 3. The van der Waals surface area contributed by atoms with E-state index in [1.54, 1.807) is 40.0 Å². The third-order valence-corrected chi connectivity index (χ3v) is 9.17. The van der Waals surface area contributed by atoms with E-state index < -0.39 is 23.9 Å². The molecule has 0 unspecified atom stereocenters. The molecule has 2 N–H and O–H groups in total. The number of likely N-dealkylation sites (tertiary alicyclic amines) is 1. The highest BCUT2D eigenvalue weighted by Gasteiger charge is 2.34. The van der Waals surface area contributed by atoms with Gasteiger partial charge in [-0.2, -0.15) is 0 Å². The number of hydrogen-bond acceptors (Lipinski definition) is 6. The summed E-state index contributed by atoms with van der Waals surface area (Å²) in [5.74, 6) is 2.19. The number of carbonyl (C=O) groups is 2. The van der Waals surface area contributed by atoms with Crippen LogP contribution in [0.4, 0.5) is 9.18 Å². The first kappa shape index (κ1) is 30.5. The summed E-state index contributed by atoms with van der Waals surface area (Å²) >= 11 is 0. The van der Waals surface area contributed by atoms with Crippen LogP contribution in [-0.4, -0.2) is 82.1 Å². The Morgan fingerprint density at radius 3 is 2.50 bits per heavy atom. The zero-order valence-electron chi connectivity index (χ0n) is 27.0. The predicted octanol–water partition coefficient (Wildman–Crippen LogP) is 5.37. The molecule has 4 aromatic rings. The number of rotatable bonds is 8. The van der Waals surface area contributed by atoms with Crippen LogP contribution in [0, 0.1) is 11.8 Å². The lowest BCUT2D eigenvalue weighted by Gasteiger charge is -2.35. The fraction of sp³-hybridized carbons (Fsp3) is 0.514. The highest BCUT2D eigenvalue weighted by Crippen LogP contribution is 2.39. The molecule has 7 rings (SSSR count). The van der Waals surface area contributed by atoms with E-state index in [9.17, 15) is 14.0 Å². The van der Waals surface area contributed by atoms with Crippen LogP contribution < -0.4 is 15.4 Å². The number of ether oxygens (including phenoxy) is 2. The molecule has 2 saturated heterocycles. The molecule has 1 saturated carbocycles. The Kier molecular flexibility index (Phi) is 7.91. The van der Waals surface area contributed by atoms with Crippen molar-refractivity contribution in [1.29, 1.82) is 0 Å². The molecular weight excluding hydrogens is 587 g/mol. The van der Waals surface area contributed by atoms with Gasteiger partial charge in [0.15, 0.2) is 5.82 Å². The van der Waals surface area contributed by atoms with Gasteiger partial charge in [0.05, 0.1) is 30.9 Å². The molecule has 2 aromatic carbocycles. The van der Waals surface area contributed by atoms with Crippen LogP contribution in [0.15, 0.2) is 42.5 Å². The summed E-state index contributed by atoms with van der Waals surface area (Å²) in [4.78, 5) is 33.0. The first-order valence-electron chi connectivity index (χ1n) is 16.4. The van der Waals surface area contributed by atoms with Crippen molar-refractivity contribution in [3.63, 3.8) is 0 Å². The number of nitrogens with one attached hydrogen (secondary N) is 2. The predicted molar refractivity (Wildman–Crippen MR) is 175 cm³/mol. The second-order valence-electron chi connectivity index (χ2n) is 14.1. The number of hydrogen-bond donors (Lipinski definition) is 2. The minimum absolute atomic E-state index is 0.0542. The Morgan fingerprint density at radius 2 is 1.80 bits per heavy atom. The van der Waals surface area contributed by atoms with Crippen molar-refractivity contribution in [3.05, 3.63) is 48.0 Å². The number of para-hydroxylation sites is 1. The number of alkyl halides is 1. The minimum Gasteiger partial charge on any atom is -0.494 e. The van der Waals surface area contributed by atoms with Crippen LogP contribution in [0.25, 0.3) is 33.5 Å². The van der Waals surface area contributed by atoms with E-state index in [4.69, 9.17) is 14.5 Å². The van der Waals surface area contributed by atoms with Gasteiger partial charge in [0.2, 0.25) is 0 Å². The molecule has 4 heterocycles. The average Bonchev–Trinajstić information content (AvgIpc) is 3.62. The summed E-state index contributed by atoms with van der Waals surface area (Å²) < 4.78 is 30.9. The van der Waals surface area contributed by atoms with Gasteiger partial charge < -0.3 is 34.1 Å². The zero-order chi connectivity index (χ0) is 32.2. The molecule has 2 aliphatic heterocycles. The number of carbonyl (C=O) groups excluding carboxylic acids is 2. The van der Waals surface area contributed by atoms with Gasteiger partial charge in [0.25, 0.3) is 5.91 Å². The number of fused-ring (bicyclic) bond motifs is 2. The Morgan fingerprint density at radius 1 is 1.04 bits per heavy atom. The van der Waals surface area contributed by atoms with Crippen LogP contribution in [0.5, 0.6) is 5.75 Å². The van der Waals surface area contributed by atoms with E-state index >= 15 is 0 Å². The molecule has 0 radical (unpaired) electrons. The molecule has 3 fully saturated rings. The number of nitrogens with zero attached hydrogens (tertiary/aromatic N) is 4. The normalized spacial score (nSPS) is 20.6. The van der Waals surface area contributed by atoms with E-state index in [1.807, 2.05) is 0 Å². The Hall–Kier alpha value is -4.12. The summed E-state index contributed by atoms with van der Waals surface area (Å²) in [5.41, 5.74) is 3.44. The average molecular weight is 631 g/mol. The minimum atomic E-state index is -1.28. The molecule has 2 aromatic heterocycles. The summed E-state index contributed by atoms with van der Waals surface area (Å²) in [6.07, 6.45) is 0.684. The fourth-order valence-electron chi connectivity index (χ4n) is 6.73. The quantitative estimate of drug-likeness (QED) is 0.271. The highest BCUT2D eigenvalue weighted by atomic mass is 19.1. The van der Waals surface area contributed by atoms with Crippen molar-refractivity contribution in [2.45, 2.75) is 70.9 Å². The second kappa shape index (κ2) is 11.9. The molecule has 46 heavy (non-hydrogen) atoms. The monoisotopic (exact) mass is 630 g/mol. The van der Waals surface area contributed by atoms with Gasteiger partial charge in [0, 0.05) is 61.5 Å². The molecule has 2 amide bonds. The van der Waals surface area contributed by atoms with Crippen molar-refractivity contribution < 1.29 is 23.5 Å².